The third-order valence-electron chi connectivity index (χ3n) is 3.86. The van der Waals surface area contributed by atoms with Crippen LogP contribution >= 0.6 is 0 Å². The van der Waals surface area contributed by atoms with Gasteiger partial charge in [0.1, 0.15) is 11.6 Å². The summed E-state index contributed by atoms with van der Waals surface area (Å²) in [5.74, 6) is -1.82. The first kappa shape index (κ1) is 19.4. The van der Waals surface area contributed by atoms with Crippen LogP contribution in [0.15, 0.2) is 36.4 Å². The largest absolute Gasteiger partial charge is 0.465 e. The zero-order valence-electron chi connectivity index (χ0n) is 14.7. The van der Waals surface area contributed by atoms with Crippen LogP contribution in [0.1, 0.15) is 28.4 Å². The number of anilines is 1. The highest BCUT2D eigenvalue weighted by molar-refractivity contribution is 5.94. The lowest BCUT2D eigenvalue weighted by Gasteiger charge is -2.16. The number of methoxy groups -OCH3 is 1. The van der Waals surface area contributed by atoms with Crippen molar-refractivity contribution in [1.82, 2.24) is 5.32 Å². The zero-order valence-corrected chi connectivity index (χ0v) is 14.7. The molecule has 0 fully saturated rings. The maximum absolute atomic E-state index is 13.7. The van der Waals surface area contributed by atoms with Crippen LogP contribution in [0.2, 0.25) is 0 Å². The molecule has 26 heavy (non-hydrogen) atoms. The van der Waals surface area contributed by atoms with E-state index in [9.17, 15) is 18.4 Å². The Morgan fingerprint density at radius 3 is 2.42 bits per heavy atom. The lowest BCUT2D eigenvalue weighted by atomic mass is 10.1. The Morgan fingerprint density at radius 1 is 1.15 bits per heavy atom. The highest BCUT2D eigenvalue weighted by Gasteiger charge is 2.15. The third-order valence-corrected chi connectivity index (χ3v) is 3.86. The van der Waals surface area contributed by atoms with Crippen LogP contribution in [0.5, 0.6) is 0 Å². The second-order valence-electron chi connectivity index (χ2n) is 5.93. The van der Waals surface area contributed by atoms with Crippen LogP contribution in [0.4, 0.5) is 19.3 Å². The molecule has 0 aliphatic rings. The predicted octanol–water partition coefficient (Wildman–Crippen LogP) is 3.81. The lowest BCUT2D eigenvalue weighted by molar-refractivity contribution is 0.0600. The van der Waals surface area contributed by atoms with Gasteiger partial charge in [0, 0.05) is 17.3 Å². The first-order chi connectivity index (χ1) is 12.3. The van der Waals surface area contributed by atoms with Gasteiger partial charge in [-0.25, -0.2) is 18.4 Å². The standard InChI is InChI=1S/C19H20F2N2O3/c1-11-7-8-13(18(24)26-3)10-17(11)23-19(25)22-12(2)9-14-15(20)5-4-6-16(14)21/h4-8,10,12H,9H2,1-3H3,(H2,22,23,25). The van der Waals surface area contributed by atoms with Gasteiger partial charge in [0.15, 0.2) is 0 Å². The van der Waals surface area contributed by atoms with E-state index in [1.54, 1.807) is 26.0 Å². The molecule has 2 rings (SSSR count). The summed E-state index contributed by atoms with van der Waals surface area (Å²) in [6.07, 6.45) is 0.00705. The summed E-state index contributed by atoms with van der Waals surface area (Å²) in [6.45, 7) is 3.41. The van der Waals surface area contributed by atoms with Gasteiger partial charge in [-0.05, 0) is 50.1 Å². The van der Waals surface area contributed by atoms with Crippen molar-refractivity contribution < 1.29 is 23.1 Å². The summed E-state index contributed by atoms with van der Waals surface area (Å²) in [5.41, 5.74) is 1.41. The number of carbonyl (C=O) groups excluding carboxylic acids is 2. The Kier molecular flexibility index (Phi) is 6.27. The van der Waals surface area contributed by atoms with Gasteiger partial charge in [0.05, 0.1) is 12.7 Å². The van der Waals surface area contributed by atoms with Gasteiger partial charge in [-0.3, -0.25) is 0 Å². The van der Waals surface area contributed by atoms with E-state index in [4.69, 9.17) is 0 Å². The molecular weight excluding hydrogens is 342 g/mol. The number of halogens is 2. The minimum Gasteiger partial charge on any atom is -0.465 e. The SMILES string of the molecule is COC(=O)c1ccc(C)c(NC(=O)NC(C)Cc2c(F)cccc2F)c1. The average molecular weight is 362 g/mol. The second kappa shape index (κ2) is 8.42. The zero-order chi connectivity index (χ0) is 19.3. The maximum Gasteiger partial charge on any atom is 0.337 e. The van der Waals surface area contributed by atoms with Crippen molar-refractivity contribution in [2.24, 2.45) is 0 Å². The highest BCUT2D eigenvalue weighted by Crippen LogP contribution is 2.18. The number of aryl methyl sites for hydroxylation is 1. The molecule has 0 bridgehead atoms. The molecule has 2 N–H and O–H groups in total. The third kappa shape index (κ3) is 4.78. The van der Waals surface area contributed by atoms with Crippen LogP contribution in [0, 0.1) is 18.6 Å². The molecule has 2 aromatic carbocycles. The molecule has 2 aromatic rings. The Morgan fingerprint density at radius 2 is 1.81 bits per heavy atom. The van der Waals surface area contributed by atoms with Gasteiger partial charge in [0.25, 0.3) is 0 Å². The van der Waals surface area contributed by atoms with Gasteiger partial charge in [-0.15, -0.1) is 0 Å². The Balaban J connectivity index is 2.03. The Labute approximate surface area is 150 Å². The van der Waals surface area contributed by atoms with Crippen molar-refractivity contribution in [2.45, 2.75) is 26.3 Å². The van der Waals surface area contributed by atoms with Crippen LogP contribution < -0.4 is 10.6 Å². The molecule has 138 valence electrons. The second-order valence-corrected chi connectivity index (χ2v) is 5.93. The van der Waals surface area contributed by atoms with E-state index in [1.807, 2.05) is 0 Å². The molecule has 0 aliphatic carbocycles. The molecule has 5 nitrogen and oxygen atoms in total. The fourth-order valence-corrected chi connectivity index (χ4v) is 2.47. The number of benzene rings is 2. The molecule has 0 heterocycles. The normalized spacial score (nSPS) is 11.6. The molecule has 1 unspecified atom stereocenters. The highest BCUT2D eigenvalue weighted by atomic mass is 19.1. The summed E-state index contributed by atoms with van der Waals surface area (Å²) in [6, 6.07) is 7.36. The fraction of sp³-hybridized carbons (Fsp3) is 0.263. The topological polar surface area (TPSA) is 67.4 Å². The number of esters is 1. The number of rotatable bonds is 5. The number of ether oxygens (including phenoxy) is 1. The van der Waals surface area contributed by atoms with Crippen LogP contribution in [0.25, 0.3) is 0 Å². The Bertz CT molecular complexity index is 804. The van der Waals surface area contributed by atoms with E-state index < -0.39 is 29.7 Å². The van der Waals surface area contributed by atoms with Crippen LogP contribution in [0.3, 0.4) is 0 Å². The smallest absolute Gasteiger partial charge is 0.337 e. The minimum atomic E-state index is -0.652. The molecular formula is C19H20F2N2O3. The van der Waals surface area contributed by atoms with E-state index in [0.29, 0.717) is 11.3 Å². The quantitative estimate of drug-likeness (QED) is 0.795. The molecule has 2 amide bonds. The molecule has 7 heteroatoms. The van der Waals surface area contributed by atoms with Crippen molar-refractivity contribution in [2.75, 3.05) is 12.4 Å². The van der Waals surface area contributed by atoms with E-state index in [-0.39, 0.29) is 12.0 Å². The summed E-state index contributed by atoms with van der Waals surface area (Å²) in [7, 11) is 1.27. The molecule has 1 atom stereocenters. The number of amides is 2. The van der Waals surface area contributed by atoms with Crippen LogP contribution in [-0.4, -0.2) is 25.2 Å². The van der Waals surface area contributed by atoms with E-state index >= 15 is 0 Å². The van der Waals surface area contributed by atoms with Crippen molar-refractivity contribution in [3.05, 3.63) is 64.7 Å². The first-order valence-corrected chi connectivity index (χ1v) is 8.01. The molecule has 0 aliphatic heterocycles. The van der Waals surface area contributed by atoms with Gasteiger partial charge >= 0.3 is 12.0 Å². The minimum absolute atomic E-state index is 0.00705. The number of nitrogens with one attached hydrogen (secondary N) is 2. The van der Waals surface area contributed by atoms with Crippen molar-refractivity contribution in [1.29, 1.82) is 0 Å². The van der Waals surface area contributed by atoms with Gasteiger partial charge in [-0.1, -0.05) is 12.1 Å². The molecule has 0 aromatic heterocycles. The van der Waals surface area contributed by atoms with Gasteiger partial charge in [-0.2, -0.15) is 0 Å². The number of carbonyl (C=O) groups is 2. The summed E-state index contributed by atoms with van der Waals surface area (Å²) >= 11 is 0. The Hall–Kier alpha value is -2.96. The molecule has 0 spiro atoms. The molecule has 0 saturated heterocycles. The van der Waals surface area contributed by atoms with Crippen molar-refractivity contribution in [3.63, 3.8) is 0 Å². The fourth-order valence-electron chi connectivity index (χ4n) is 2.47. The number of hydrogen-bond donors (Lipinski definition) is 2. The number of urea groups is 1. The van der Waals surface area contributed by atoms with Gasteiger partial charge < -0.3 is 15.4 Å². The summed E-state index contributed by atoms with van der Waals surface area (Å²) in [4.78, 5) is 23.7. The lowest BCUT2D eigenvalue weighted by Crippen LogP contribution is -2.37. The molecule has 0 saturated carbocycles. The average Bonchev–Trinajstić information content (AvgIpc) is 2.59. The predicted molar refractivity (Wildman–Crippen MR) is 94.2 cm³/mol. The van der Waals surface area contributed by atoms with Crippen molar-refractivity contribution in [3.8, 4) is 0 Å². The van der Waals surface area contributed by atoms with E-state index in [2.05, 4.69) is 15.4 Å². The molecule has 0 radical (unpaired) electrons. The van der Waals surface area contributed by atoms with E-state index in [1.165, 1.54) is 31.4 Å². The monoisotopic (exact) mass is 362 g/mol. The number of hydrogen-bond acceptors (Lipinski definition) is 3. The van der Waals surface area contributed by atoms with Gasteiger partial charge in [0.2, 0.25) is 0 Å². The summed E-state index contributed by atoms with van der Waals surface area (Å²) < 4.78 is 32.0. The maximum atomic E-state index is 13.7. The van der Waals surface area contributed by atoms with E-state index in [0.717, 1.165) is 5.56 Å². The van der Waals surface area contributed by atoms with Crippen LogP contribution in [-0.2, 0) is 11.2 Å². The summed E-state index contributed by atoms with van der Waals surface area (Å²) in [5, 5.41) is 5.25. The van der Waals surface area contributed by atoms with Crippen molar-refractivity contribution >= 4 is 17.7 Å². The first-order valence-electron chi connectivity index (χ1n) is 8.01.